The Labute approximate surface area is 281 Å². The number of nitrogens with two attached hydrogens (primary N) is 1. The van der Waals surface area contributed by atoms with Crippen LogP contribution in [-0.4, -0.2) is 37.2 Å². The summed E-state index contributed by atoms with van der Waals surface area (Å²) in [5.41, 5.74) is 11.5. The number of anilines is 4. The Bertz CT molecular complexity index is 1950. The fourth-order valence-corrected chi connectivity index (χ4v) is 7.04. The van der Waals surface area contributed by atoms with Crippen LogP contribution >= 0.6 is 22.7 Å². The van der Waals surface area contributed by atoms with Gasteiger partial charge in [0.2, 0.25) is 11.7 Å². The van der Waals surface area contributed by atoms with E-state index in [0.717, 1.165) is 32.3 Å². The predicted molar refractivity (Wildman–Crippen MR) is 190 cm³/mol. The Morgan fingerprint density at radius 2 is 1.53 bits per heavy atom. The molecule has 1 amide bonds. The van der Waals surface area contributed by atoms with Crippen molar-refractivity contribution in [2.75, 3.05) is 37.7 Å². The van der Waals surface area contributed by atoms with Crippen LogP contribution in [0.5, 0.6) is 17.2 Å². The number of hydrogen-bond donors (Lipinski definition) is 3. The highest BCUT2D eigenvalue weighted by Crippen LogP contribution is 2.43. The molecule has 0 aliphatic heterocycles. The van der Waals surface area contributed by atoms with Crippen LogP contribution in [0.15, 0.2) is 102 Å². The third-order valence-electron chi connectivity index (χ3n) is 7.49. The second kappa shape index (κ2) is 14.4. The van der Waals surface area contributed by atoms with Gasteiger partial charge in [-0.1, -0.05) is 84.1 Å². The Morgan fingerprint density at radius 1 is 0.830 bits per heavy atom. The summed E-state index contributed by atoms with van der Waals surface area (Å²) in [6, 6.07) is 31.3. The molecular weight excluding hydrogens is 631 g/mol. The van der Waals surface area contributed by atoms with Gasteiger partial charge in [0.15, 0.2) is 16.6 Å². The average Bonchev–Trinajstić information content (AvgIpc) is 3.74. The van der Waals surface area contributed by atoms with Crippen molar-refractivity contribution < 1.29 is 19.0 Å². The molecule has 6 rings (SSSR count). The topological polar surface area (TPSA) is 121 Å². The summed E-state index contributed by atoms with van der Waals surface area (Å²) in [5.74, 6) is 1.51. The first-order chi connectivity index (χ1) is 22.9. The quantitative estimate of drug-likeness (QED) is 0.120. The van der Waals surface area contributed by atoms with Crippen LogP contribution in [0.1, 0.15) is 17.0 Å². The van der Waals surface area contributed by atoms with Crippen molar-refractivity contribution >= 4 is 50.9 Å². The van der Waals surface area contributed by atoms with Crippen LogP contribution in [-0.2, 0) is 11.2 Å². The lowest BCUT2D eigenvalue weighted by Crippen LogP contribution is -2.23. The average molecular weight is 664 g/mol. The number of nitrogen functional groups attached to an aromatic ring is 1. The van der Waals surface area contributed by atoms with Gasteiger partial charge >= 0.3 is 0 Å². The monoisotopic (exact) mass is 663 g/mol. The molecule has 4 aromatic carbocycles. The fourth-order valence-electron chi connectivity index (χ4n) is 5.21. The number of rotatable bonds is 12. The van der Waals surface area contributed by atoms with E-state index in [4.69, 9.17) is 24.9 Å². The molecule has 0 aliphatic rings. The molecule has 2 aromatic heterocycles. The van der Waals surface area contributed by atoms with E-state index in [0.29, 0.717) is 46.0 Å². The van der Waals surface area contributed by atoms with Gasteiger partial charge in [0, 0.05) is 34.5 Å². The molecule has 9 nitrogen and oxygen atoms in total. The molecule has 0 aliphatic carbocycles. The highest BCUT2D eigenvalue weighted by molar-refractivity contribution is 7.23. The molecule has 4 N–H and O–H groups in total. The minimum absolute atomic E-state index is 0.0688. The molecule has 0 fully saturated rings. The van der Waals surface area contributed by atoms with E-state index in [1.54, 1.807) is 33.5 Å². The number of carbonyl (C=O) groups excluding carboxylic acids is 1. The van der Waals surface area contributed by atoms with Crippen molar-refractivity contribution in [3.8, 4) is 38.4 Å². The van der Waals surface area contributed by atoms with E-state index in [1.807, 2.05) is 90.3 Å². The number of benzene rings is 4. The Balaban J connectivity index is 1.20. The second-order valence-electron chi connectivity index (χ2n) is 10.5. The van der Waals surface area contributed by atoms with Crippen LogP contribution in [0.25, 0.3) is 21.1 Å². The molecule has 11 heteroatoms. The van der Waals surface area contributed by atoms with Gasteiger partial charge in [-0.15, -0.1) is 11.3 Å². The van der Waals surface area contributed by atoms with Gasteiger partial charge in [-0.2, -0.15) is 0 Å². The van der Waals surface area contributed by atoms with Crippen molar-refractivity contribution in [2.24, 2.45) is 0 Å². The first kappa shape index (κ1) is 31.6. The van der Waals surface area contributed by atoms with Crippen LogP contribution in [0.3, 0.4) is 0 Å². The molecule has 0 saturated heterocycles. The standard InChI is InChI=1S/C36H33N5O4S2/c1-43-29-19-26(20-30(44-2)31(29)45-3)39-36-41-33(37)32(47-36)35-40-28(21-46-35)24-15-10-16-25(18-24)38-34(42)27(23-13-8-5-9-14-23)17-22-11-6-4-7-12-22/h4-16,18-21,27H,17,37H2,1-3H3,(H,38,42)(H,39,41). The molecule has 238 valence electrons. The Kier molecular flexibility index (Phi) is 9.65. The van der Waals surface area contributed by atoms with Crippen molar-refractivity contribution in [3.63, 3.8) is 0 Å². The van der Waals surface area contributed by atoms with E-state index in [-0.39, 0.29) is 11.8 Å². The maximum Gasteiger partial charge on any atom is 0.232 e. The number of nitrogens with zero attached hydrogens (tertiary/aromatic N) is 2. The Hall–Kier alpha value is -5.39. The van der Waals surface area contributed by atoms with Crippen molar-refractivity contribution in [3.05, 3.63) is 114 Å². The predicted octanol–water partition coefficient (Wildman–Crippen LogP) is 8.25. The number of carbonyl (C=O) groups is 1. The Morgan fingerprint density at radius 3 is 2.21 bits per heavy atom. The molecular formula is C36H33N5O4S2. The van der Waals surface area contributed by atoms with Crippen LogP contribution in [0.2, 0.25) is 0 Å². The van der Waals surface area contributed by atoms with Gasteiger partial charge in [-0.3, -0.25) is 4.79 Å². The molecule has 47 heavy (non-hydrogen) atoms. The van der Waals surface area contributed by atoms with Crippen LogP contribution in [0.4, 0.5) is 22.3 Å². The summed E-state index contributed by atoms with van der Waals surface area (Å²) in [5, 5.41) is 9.74. The third kappa shape index (κ3) is 7.21. The molecule has 0 saturated carbocycles. The van der Waals surface area contributed by atoms with Crippen LogP contribution in [0, 0.1) is 0 Å². The summed E-state index contributed by atoms with van der Waals surface area (Å²) in [4.78, 5) is 23.8. The van der Waals surface area contributed by atoms with Gasteiger partial charge in [0.05, 0.1) is 32.9 Å². The smallest absolute Gasteiger partial charge is 0.232 e. The normalized spacial score (nSPS) is 11.5. The molecule has 0 radical (unpaired) electrons. The summed E-state index contributed by atoms with van der Waals surface area (Å²) in [7, 11) is 4.69. The maximum atomic E-state index is 13.7. The molecule has 0 bridgehead atoms. The number of hydrogen-bond acceptors (Lipinski definition) is 10. The van der Waals surface area contributed by atoms with Gasteiger partial charge in [-0.25, -0.2) is 9.97 Å². The first-order valence-corrected chi connectivity index (χ1v) is 16.4. The van der Waals surface area contributed by atoms with E-state index < -0.39 is 0 Å². The first-order valence-electron chi connectivity index (χ1n) is 14.7. The number of nitrogens with one attached hydrogen (secondary N) is 2. The molecule has 0 spiro atoms. The van der Waals surface area contributed by atoms with E-state index >= 15 is 0 Å². The summed E-state index contributed by atoms with van der Waals surface area (Å²) < 4.78 is 16.4. The summed E-state index contributed by atoms with van der Waals surface area (Å²) in [6.45, 7) is 0. The highest BCUT2D eigenvalue weighted by Gasteiger charge is 2.22. The number of amides is 1. The third-order valence-corrected chi connectivity index (χ3v) is 9.48. The lowest BCUT2D eigenvalue weighted by atomic mass is 9.91. The van der Waals surface area contributed by atoms with Gasteiger partial charge in [-0.05, 0) is 29.7 Å². The SMILES string of the molecule is COc1cc(Nc2nc(N)c(-c3nc(-c4cccc(NC(=O)C(Cc5ccccc5)c5ccccc5)c4)cs3)s2)cc(OC)c1OC. The molecule has 6 aromatic rings. The zero-order valence-corrected chi connectivity index (χ0v) is 27.7. The number of methoxy groups -OCH3 is 3. The minimum atomic E-state index is -0.342. The maximum absolute atomic E-state index is 13.7. The van der Waals surface area contributed by atoms with Gasteiger partial charge in [0.1, 0.15) is 15.7 Å². The lowest BCUT2D eigenvalue weighted by Gasteiger charge is -2.18. The largest absolute Gasteiger partial charge is 0.493 e. The summed E-state index contributed by atoms with van der Waals surface area (Å²) in [6.07, 6.45) is 0.596. The van der Waals surface area contributed by atoms with Crippen molar-refractivity contribution in [1.29, 1.82) is 0 Å². The van der Waals surface area contributed by atoms with Crippen molar-refractivity contribution in [2.45, 2.75) is 12.3 Å². The lowest BCUT2D eigenvalue weighted by molar-refractivity contribution is -0.117. The molecule has 1 atom stereocenters. The minimum Gasteiger partial charge on any atom is -0.493 e. The number of thiazole rings is 2. The van der Waals surface area contributed by atoms with E-state index in [2.05, 4.69) is 15.6 Å². The molecule has 1 unspecified atom stereocenters. The van der Waals surface area contributed by atoms with E-state index in [1.165, 1.54) is 22.7 Å². The highest BCUT2D eigenvalue weighted by atomic mass is 32.1. The van der Waals surface area contributed by atoms with Crippen LogP contribution < -0.4 is 30.6 Å². The van der Waals surface area contributed by atoms with Gasteiger partial charge < -0.3 is 30.6 Å². The number of ether oxygens (including phenoxy) is 3. The molecule has 2 heterocycles. The van der Waals surface area contributed by atoms with Crippen molar-refractivity contribution in [1.82, 2.24) is 9.97 Å². The zero-order valence-electron chi connectivity index (χ0n) is 26.0. The second-order valence-corrected chi connectivity index (χ2v) is 12.4. The van der Waals surface area contributed by atoms with E-state index in [9.17, 15) is 4.79 Å². The fraction of sp³-hybridized carbons (Fsp3) is 0.139. The summed E-state index contributed by atoms with van der Waals surface area (Å²) >= 11 is 2.88. The van der Waals surface area contributed by atoms with Gasteiger partial charge in [0.25, 0.3) is 0 Å². The zero-order chi connectivity index (χ0) is 32.8. The number of aromatic nitrogens is 2.